The van der Waals surface area contributed by atoms with Crippen LogP contribution in [0.15, 0.2) is 0 Å². The normalized spacial score (nSPS) is 11.6. The first-order chi connectivity index (χ1) is 7.70. The highest BCUT2D eigenvalue weighted by molar-refractivity contribution is 4.67. The second kappa shape index (κ2) is 11.3. The Kier molecular flexibility index (Phi) is 11.2. The van der Waals surface area contributed by atoms with Gasteiger partial charge in [0, 0.05) is 6.04 Å². The molecule has 16 heavy (non-hydrogen) atoms. The first-order valence-electron chi connectivity index (χ1n) is 6.72. The molecule has 0 aromatic carbocycles. The second-order valence-corrected chi connectivity index (χ2v) is 4.49. The van der Waals surface area contributed by atoms with Gasteiger partial charge in [-0.1, -0.05) is 52.4 Å². The van der Waals surface area contributed by atoms with Crippen LogP contribution in [-0.2, 0) is 0 Å². The topological polar surface area (TPSA) is 12.0 Å². The van der Waals surface area contributed by atoms with E-state index in [0.29, 0.717) is 6.04 Å². The van der Waals surface area contributed by atoms with Gasteiger partial charge in [0.15, 0.2) is 0 Å². The molecular formula is C13H27F2N. The van der Waals surface area contributed by atoms with Gasteiger partial charge in [0.1, 0.15) is 0 Å². The van der Waals surface area contributed by atoms with Crippen LogP contribution in [0.2, 0.25) is 0 Å². The van der Waals surface area contributed by atoms with Crippen LogP contribution in [0.4, 0.5) is 8.78 Å². The molecule has 0 aliphatic carbocycles. The average Bonchev–Trinajstić information content (AvgIpc) is 2.25. The molecule has 0 atom stereocenters. The van der Waals surface area contributed by atoms with Crippen molar-refractivity contribution in [2.24, 2.45) is 0 Å². The fourth-order valence-electron chi connectivity index (χ4n) is 1.89. The highest BCUT2D eigenvalue weighted by atomic mass is 19.3. The lowest BCUT2D eigenvalue weighted by Gasteiger charge is -2.18. The summed E-state index contributed by atoms with van der Waals surface area (Å²) in [6, 6.07) is 0.298. The van der Waals surface area contributed by atoms with Crippen LogP contribution in [0.3, 0.4) is 0 Å². The van der Waals surface area contributed by atoms with Crippen LogP contribution in [-0.4, -0.2) is 19.0 Å². The summed E-state index contributed by atoms with van der Waals surface area (Å²) in [6.45, 7) is 4.18. The molecule has 0 saturated carbocycles. The van der Waals surface area contributed by atoms with E-state index < -0.39 is 6.43 Å². The smallest absolute Gasteiger partial charge is 0.250 e. The molecule has 1 nitrogen and oxygen atoms in total. The lowest BCUT2D eigenvalue weighted by Crippen LogP contribution is -2.33. The molecule has 0 spiro atoms. The third kappa shape index (κ3) is 10.3. The summed E-state index contributed by atoms with van der Waals surface area (Å²) in [4.78, 5) is 0. The van der Waals surface area contributed by atoms with Crippen molar-refractivity contribution >= 4 is 0 Å². The van der Waals surface area contributed by atoms with E-state index in [1.54, 1.807) is 0 Å². The Balaban J connectivity index is 3.67. The van der Waals surface area contributed by atoms with Crippen LogP contribution in [0.5, 0.6) is 0 Å². The second-order valence-electron chi connectivity index (χ2n) is 4.49. The Morgan fingerprint density at radius 3 is 1.75 bits per heavy atom. The molecule has 98 valence electrons. The molecule has 1 N–H and O–H groups in total. The SMILES string of the molecule is CCCCCC(CCCCC)NCC(F)F. The minimum atomic E-state index is -2.22. The zero-order valence-corrected chi connectivity index (χ0v) is 10.8. The largest absolute Gasteiger partial charge is 0.309 e. The van der Waals surface area contributed by atoms with E-state index in [9.17, 15) is 8.78 Å². The molecule has 0 saturated heterocycles. The number of hydrogen-bond donors (Lipinski definition) is 1. The van der Waals surface area contributed by atoms with Crippen molar-refractivity contribution < 1.29 is 8.78 Å². The lowest BCUT2D eigenvalue weighted by molar-refractivity contribution is 0.139. The summed E-state index contributed by atoms with van der Waals surface area (Å²) in [6.07, 6.45) is 6.98. The minimum Gasteiger partial charge on any atom is -0.309 e. The maximum atomic E-state index is 12.1. The van der Waals surface area contributed by atoms with E-state index in [1.807, 2.05) is 0 Å². The number of nitrogens with one attached hydrogen (secondary N) is 1. The van der Waals surface area contributed by atoms with Crippen molar-refractivity contribution in [2.75, 3.05) is 6.54 Å². The predicted octanol–water partition coefficient (Wildman–Crippen LogP) is 4.37. The van der Waals surface area contributed by atoms with Gasteiger partial charge in [0.25, 0.3) is 6.43 Å². The quantitative estimate of drug-likeness (QED) is 0.524. The van der Waals surface area contributed by atoms with Gasteiger partial charge < -0.3 is 5.32 Å². The Bertz CT molecular complexity index is 130. The van der Waals surface area contributed by atoms with Gasteiger partial charge in [-0.2, -0.15) is 0 Å². The Morgan fingerprint density at radius 2 is 1.38 bits per heavy atom. The molecular weight excluding hydrogens is 208 g/mol. The van der Waals surface area contributed by atoms with E-state index >= 15 is 0 Å². The van der Waals surface area contributed by atoms with Crippen molar-refractivity contribution in [3.05, 3.63) is 0 Å². The number of alkyl halides is 2. The first kappa shape index (κ1) is 15.8. The molecule has 3 heteroatoms. The summed E-state index contributed by atoms with van der Waals surface area (Å²) in [5.41, 5.74) is 0. The monoisotopic (exact) mass is 235 g/mol. The van der Waals surface area contributed by atoms with Crippen molar-refractivity contribution in [3.63, 3.8) is 0 Å². The van der Waals surface area contributed by atoms with Crippen LogP contribution in [0, 0.1) is 0 Å². The molecule has 0 fully saturated rings. The van der Waals surface area contributed by atoms with E-state index in [1.165, 1.54) is 25.7 Å². The third-order valence-corrected chi connectivity index (χ3v) is 2.87. The Labute approximate surface area is 99.0 Å². The number of unbranched alkanes of at least 4 members (excludes halogenated alkanes) is 4. The van der Waals surface area contributed by atoms with Gasteiger partial charge in [-0.05, 0) is 12.8 Å². The van der Waals surface area contributed by atoms with Crippen LogP contribution < -0.4 is 5.32 Å². The third-order valence-electron chi connectivity index (χ3n) is 2.87. The summed E-state index contributed by atoms with van der Waals surface area (Å²) < 4.78 is 24.2. The standard InChI is InChI=1S/C13H27F2N/c1-3-5-7-9-12(10-8-6-4-2)16-11-13(14)15/h12-13,16H,3-11H2,1-2H3. The molecule has 0 rings (SSSR count). The van der Waals surface area contributed by atoms with Crippen molar-refractivity contribution in [1.29, 1.82) is 0 Å². The molecule has 0 amide bonds. The van der Waals surface area contributed by atoms with Crippen molar-refractivity contribution in [3.8, 4) is 0 Å². The first-order valence-corrected chi connectivity index (χ1v) is 6.72. The van der Waals surface area contributed by atoms with Gasteiger partial charge in [0.05, 0.1) is 6.54 Å². The number of halogens is 2. The highest BCUT2D eigenvalue weighted by Gasteiger charge is 2.10. The fraction of sp³-hybridized carbons (Fsp3) is 1.00. The van der Waals surface area contributed by atoms with Crippen molar-refractivity contribution in [1.82, 2.24) is 5.32 Å². The molecule has 0 bridgehead atoms. The van der Waals surface area contributed by atoms with Gasteiger partial charge in [-0.3, -0.25) is 0 Å². The zero-order valence-electron chi connectivity index (χ0n) is 10.8. The van der Waals surface area contributed by atoms with Gasteiger partial charge in [-0.25, -0.2) is 8.78 Å². The molecule has 0 aromatic rings. The molecule has 0 radical (unpaired) electrons. The van der Waals surface area contributed by atoms with Crippen LogP contribution in [0.25, 0.3) is 0 Å². The molecule has 0 aliphatic heterocycles. The summed E-state index contributed by atoms with van der Waals surface area (Å²) in [5.74, 6) is 0. The van der Waals surface area contributed by atoms with Crippen LogP contribution >= 0.6 is 0 Å². The maximum Gasteiger partial charge on any atom is 0.250 e. The molecule has 0 aliphatic rings. The van der Waals surface area contributed by atoms with Gasteiger partial charge >= 0.3 is 0 Å². The van der Waals surface area contributed by atoms with Gasteiger partial charge in [0.2, 0.25) is 0 Å². The fourth-order valence-corrected chi connectivity index (χ4v) is 1.89. The Morgan fingerprint density at radius 1 is 0.875 bits per heavy atom. The number of rotatable bonds is 11. The van der Waals surface area contributed by atoms with E-state index in [0.717, 1.165) is 25.7 Å². The van der Waals surface area contributed by atoms with Crippen LogP contribution in [0.1, 0.15) is 65.2 Å². The van der Waals surface area contributed by atoms with Gasteiger partial charge in [-0.15, -0.1) is 0 Å². The Hall–Kier alpha value is -0.180. The summed E-state index contributed by atoms with van der Waals surface area (Å²) in [5, 5.41) is 2.99. The minimum absolute atomic E-state index is 0.150. The summed E-state index contributed by atoms with van der Waals surface area (Å²) in [7, 11) is 0. The molecule has 0 unspecified atom stereocenters. The number of hydrogen-bond acceptors (Lipinski definition) is 1. The molecule has 0 aromatic heterocycles. The van der Waals surface area contributed by atoms with E-state index in [-0.39, 0.29) is 6.54 Å². The average molecular weight is 235 g/mol. The predicted molar refractivity (Wildman–Crippen MR) is 66.1 cm³/mol. The zero-order chi connectivity index (χ0) is 12.2. The van der Waals surface area contributed by atoms with E-state index in [4.69, 9.17) is 0 Å². The highest BCUT2D eigenvalue weighted by Crippen LogP contribution is 2.11. The lowest BCUT2D eigenvalue weighted by atomic mass is 10.0. The summed E-state index contributed by atoms with van der Waals surface area (Å²) >= 11 is 0. The van der Waals surface area contributed by atoms with E-state index in [2.05, 4.69) is 19.2 Å². The molecule has 0 heterocycles. The van der Waals surface area contributed by atoms with Crippen molar-refractivity contribution in [2.45, 2.75) is 77.7 Å². The maximum absolute atomic E-state index is 12.1.